The van der Waals surface area contributed by atoms with E-state index in [1.807, 2.05) is 20.8 Å². The van der Waals surface area contributed by atoms with Crippen molar-refractivity contribution in [1.29, 1.82) is 0 Å². The highest BCUT2D eigenvalue weighted by Gasteiger charge is 2.24. The van der Waals surface area contributed by atoms with E-state index in [2.05, 4.69) is 22.9 Å². The van der Waals surface area contributed by atoms with Crippen molar-refractivity contribution in [1.82, 2.24) is 4.72 Å². The van der Waals surface area contributed by atoms with Crippen LogP contribution in [-0.2, 0) is 22.9 Å². The second-order valence-electron chi connectivity index (χ2n) is 7.33. The topological polar surface area (TPSA) is 55.4 Å². The van der Waals surface area contributed by atoms with Gasteiger partial charge in [-0.05, 0) is 85.9 Å². The van der Waals surface area contributed by atoms with Gasteiger partial charge in [0.25, 0.3) is 0 Å². The normalized spacial score (nSPS) is 15.3. The van der Waals surface area contributed by atoms with Gasteiger partial charge in [0.15, 0.2) is 0 Å². The van der Waals surface area contributed by atoms with E-state index in [-0.39, 0.29) is 6.04 Å². The van der Waals surface area contributed by atoms with Gasteiger partial charge in [0.1, 0.15) is 5.75 Å². The fourth-order valence-electron chi connectivity index (χ4n) is 3.89. The highest BCUT2D eigenvalue weighted by atomic mass is 32.2. The van der Waals surface area contributed by atoms with Gasteiger partial charge in [-0.1, -0.05) is 25.1 Å². The number of aryl methyl sites for hydroxylation is 2. The van der Waals surface area contributed by atoms with Gasteiger partial charge in [0.2, 0.25) is 10.0 Å². The Morgan fingerprint density at radius 3 is 2.41 bits per heavy atom. The lowest BCUT2D eigenvalue weighted by atomic mass is 9.89. The van der Waals surface area contributed by atoms with Gasteiger partial charge in [-0.15, -0.1) is 0 Å². The number of hydrogen-bond donors (Lipinski definition) is 1. The summed E-state index contributed by atoms with van der Waals surface area (Å²) in [6.07, 6.45) is 5.37. The van der Waals surface area contributed by atoms with Crippen LogP contribution in [0, 0.1) is 13.8 Å². The lowest BCUT2D eigenvalue weighted by Crippen LogP contribution is -2.29. The van der Waals surface area contributed by atoms with Gasteiger partial charge in [-0.25, -0.2) is 13.1 Å². The van der Waals surface area contributed by atoms with Gasteiger partial charge in [0, 0.05) is 6.04 Å². The molecule has 0 heterocycles. The summed E-state index contributed by atoms with van der Waals surface area (Å²) >= 11 is 0. The van der Waals surface area contributed by atoms with Crippen molar-refractivity contribution in [3.63, 3.8) is 0 Å². The molecule has 1 atom stereocenters. The van der Waals surface area contributed by atoms with E-state index in [1.54, 1.807) is 19.2 Å². The summed E-state index contributed by atoms with van der Waals surface area (Å²) < 4.78 is 34.4. The lowest BCUT2D eigenvalue weighted by Gasteiger charge is -2.22. The molecule has 0 saturated heterocycles. The van der Waals surface area contributed by atoms with Crippen LogP contribution in [0.1, 0.15) is 60.0 Å². The number of sulfonamides is 1. The van der Waals surface area contributed by atoms with Gasteiger partial charge < -0.3 is 4.74 Å². The van der Waals surface area contributed by atoms with Crippen LogP contribution in [0.4, 0.5) is 0 Å². The molecule has 0 spiro atoms. The minimum absolute atomic E-state index is 0.232. The number of hydrogen-bond acceptors (Lipinski definition) is 3. The standard InChI is InChI=1S/C22H29NO3S/c1-5-20(19-11-10-17-8-6-7-9-18(17)14-19)23-27(24,25)22-13-12-21(26-4)15(2)16(22)3/h10-14,20,23H,5-9H2,1-4H3/t20-/m1/s1. The molecule has 1 aliphatic rings. The third-order valence-corrected chi connectivity index (χ3v) is 7.29. The fraction of sp³-hybridized carbons (Fsp3) is 0.455. The summed E-state index contributed by atoms with van der Waals surface area (Å²) in [5.74, 6) is 0.702. The first-order valence-corrected chi connectivity index (χ1v) is 11.1. The maximum atomic E-state index is 13.1. The van der Waals surface area contributed by atoms with Crippen LogP contribution in [0.3, 0.4) is 0 Å². The zero-order valence-electron chi connectivity index (χ0n) is 16.6. The van der Waals surface area contributed by atoms with Crippen LogP contribution in [0.15, 0.2) is 35.2 Å². The average Bonchev–Trinajstić information content (AvgIpc) is 2.67. The third kappa shape index (κ3) is 4.04. The molecule has 0 amide bonds. The number of nitrogens with one attached hydrogen (secondary N) is 1. The molecule has 1 N–H and O–H groups in total. The van der Waals surface area contributed by atoms with Gasteiger partial charge >= 0.3 is 0 Å². The Balaban J connectivity index is 1.91. The lowest BCUT2D eigenvalue weighted by molar-refractivity contribution is 0.410. The Hall–Kier alpha value is -1.85. The van der Waals surface area contributed by atoms with Crippen LogP contribution >= 0.6 is 0 Å². The summed E-state index contributed by atoms with van der Waals surface area (Å²) in [4.78, 5) is 0.317. The summed E-state index contributed by atoms with van der Waals surface area (Å²) in [7, 11) is -2.03. The largest absolute Gasteiger partial charge is 0.496 e. The highest BCUT2D eigenvalue weighted by Crippen LogP contribution is 2.30. The first-order chi connectivity index (χ1) is 12.9. The Labute approximate surface area is 163 Å². The molecular formula is C22H29NO3S. The molecule has 1 aliphatic carbocycles. The molecule has 0 aromatic heterocycles. The van der Waals surface area contributed by atoms with E-state index >= 15 is 0 Å². The van der Waals surface area contributed by atoms with Gasteiger partial charge in [0.05, 0.1) is 12.0 Å². The molecule has 2 aromatic carbocycles. The number of benzene rings is 2. The maximum absolute atomic E-state index is 13.1. The number of fused-ring (bicyclic) bond motifs is 1. The monoisotopic (exact) mass is 387 g/mol. The van der Waals surface area contributed by atoms with E-state index in [9.17, 15) is 8.42 Å². The zero-order valence-corrected chi connectivity index (χ0v) is 17.4. The average molecular weight is 388 g/mol. The number of rotatable bonds is 6. The second-order valence-corrected chi connectivity index (χ2v) is 9.02. The molecule has 0 aliphatic heterocycles. The SMILES string of the molecule is CC[C@@H](NS(=O)(=O)c1ccc(OC)c(C)c1C)c1ccc2c(c1)CCCC2. The minimum atomic E-state index is -3.62. The number of methoxy groups -OCH3 is 1. The van der Waals surface area contributed by atoms with Crippen LogP contribution in [0.5, 0.6) is 5.75 Å². The molecule has 0 bridgehead atoms. The molecule has 5 heteroatoms. The molecular weight excluding hydrogens is 358 g/mol. The van der Waals surface area contributed by atoms with Crippen molar-refractivity contribution in [3.05, 3.63) is 58.1 Å². The first-order valence-electron chi connectivity index (χ1n) is 9.65. The highest BCUT2D eigenvalue weighted by molar-refractivity contribution is 7.89. The van der Waals surface area contributed by atoms with Crippen LogP contribution in [0.2, 0.25) is 0 Å². The Morgan fingerprint density at radius 1 is 1.04 bits per heavy atom. The van der Waals surface area contributed by atoms with Crippen molar-refractivity contribution in [2.45, 2.75) is 63.8 Å². The summed E-state index contributed by atoms with van der Waals surface area (Å²) in [6.45, 7) is 5.72. The van der Waals surface area contributed by atoms with Crippen LogP contribution in [-0.4, -0.2) is 15.5 Å². The predicted octanol–water partition coefficient (Wildman–Crippen LogP) is 4.62. The summed E-state index contributed by atoms with van der Waals surface area (Å²) in [6, 6.07) is 9.55. The quantitative estimate of drug-likeness (QED) is 0.787. The Morgan fingerprint density at radius 2 is 1.74 bits per heavy atom. The molecule has 146 valence electrons. The molecule has 3 rings (SSSR count). The molecule has 2 aromatic rings. The van der Waals surface area contributed by atoms with Crippen molar-refractivity contribution >= 4 is 10.0 Å². The molecule has 4 nitrogen and oxygen atoms in total. The molecule has 0 saturated carbocycles. The van der Waals surface area contributed by atoms with E-state index in [1.165, 1.54) is 24.0 Å². The third-order valence-electron chi connectivity index (χ3n) is 5.68. The van der Waals surface area contributed by atoms with Gasteiger partial charge in [-0.3, -0.25) is 0 Å². The summed E-state index contributed by atoms with van der Waals surface area (Å²) in [5.41, 5.74) is 5.39. The van der Waals surface area contributed by atoms with E-state index < -0.39 is 10.0 Å². The van der Waals surface area contributed by atoms with Crippen molar-refractivity contribution in [2.75, 3.05) is 7.11 Å². The molecule has 27 heavy (non-hydrogen) atoms. The Bertz CT molecular complexity index is 935. The van der Waals surface area contributed by atoms with Crippen molar-refractivity contribution < 1.29 is 13.2 Å². The first kappa shape index (κ1) is 19.9. The number of ether oxygens (including phenoxy) is 1. The van der Waals surface area contributed by atoms with E-state index in [0.717, 1.165) is 29.5 Å². The zero-order chi connectivity index (χ0) is 19.6. The maximum Gasteiger partial charge on any atom is 0.241 e. The molecule has 0 unspecified atom stereocenters. The van der Waals surface area contributed by atoms with Crippen LogP contribution in [0.25, 0.3) is 0 Å². The van der Waals surface area contributed by atoms with Crippen LogP contribution < -0.4 is 9.46 Å². The molecule has 0 radical (unpaired) electrons. The smallest absolute Gasteiger partial charge is 0.241 e. The summed E-state index contributed by atoms with van der Waals surface area (Å²) in [5, 5.41) is 0. The van der Waals surface area contributed by atoms with Crippen molar-refractivity contribution in [2.24, 2.45) is 0 Å². The Kier molecular flexibility index (Phi) is 5.92. The van der Waals surface area contributed by atoms with Gasteiger partial charge in [-0.2, -0.15) is 0 Å². The molecule has 0 fully saturated rings. The minimum Gasteiger partial charge on any atom is -0.496 e. The second kappa shape index (κ2) is 8.03. The van der Waals surface area contributed by atoms with E-state index in [4.69, 9.17) is 4.74 Å². The predicted molar refractivity (Wildman–Crippen MR) is 109 cm³/mol. The fourth-order valence-corrected chi connectivity index (χ4v) is 5.50. The van der Waals surface area contributed by atoms with Crippen molar-refractivity contribution in [3.8, 4) is 5.75 Å². The van der Waals surface area contributed by atoms with E-state index in [0.29, 0.717) is 17.1 Å².